The van der Waals surface area contributed by atoms with Gasteiger partial charge in [0.1, 0.15) is 5.69 Å². The first kappa shape index (κ1) is 13.6. The molecule has 0 aliphatic heterocycles. The molecule has 0 aliphatic rings. The van der Waals surface area contributed by atoms with Gasteiger partial charge >= 0.3 is 5.97 Å². The number of hydrogen-bond donors (Lipinski definition) is 2. The molecule has 19 heavy (non-hydrogen) atoms. The summed E-state index contributed by atoms with van der Waals surface area (Å²) in [4.78, 5) is 17.2. The Morgan fingerprint density at radius 2 is 1.89 bits per heavy atom. The summed E-state index contributed by atoms with van der Waals surface area (Å²) >= 11 is 5.74. The van der Waals surface area contributed by atoms with Crippen LogP contribution in [0.4, 0.5) is 0 Å². The van der Waals surface area contributed by atoms with Crippen molar-refractivity contribution in [2.75, 3.05) is 6.26 Å². The molecule has 0 saturated heterocycles. The summed E-state index contributed by atoms with van der Waals surface area (Å²) in [6.45, 7) is 0. The Morgan fingerprint density at radius 3 is 2.37 bits per heavy atom. The topological polar surface area (TPSA) is 100 Å². The molecule has 0 saturated carbocycles. The van der Waals surface area contributed by atoms with Gasteiger partial charge in [0.15, 0.2) is 5.69 Å². The number of nitrogens with one attached hydrogen (secondary N) is 1. The first-order valence-electron chi connectivity index (χ1n) is 5.08. The van der Waals surface area contributed by atoms with Crippen molar-refractivity contribution in [3.05, 3.63) is 35.0 Å². The summed E-state index contributed by atoms with van der Waals surface area (Å²) in [5, 5.41) is 9.17. The molecule has 2 N–H and O–H groups in total. The number of benzene rings is 1. The molecule has 100 valence electrons. The highest BCUT2D eigenvalue weighted by Crippen LogP contribution is 2.24. The van der Waals surface area contributed by atoms with Crippen LogP contribution in [0.1, 0.15) is 10.5 Å². The number of carbonyl (C=O) groups is 1. The summed E-state index contributed by atoms with van der Waals surface area (Å²) in [7, 11) is -3.61. The largest absolute Gasteiger partial charge is 0.477 e. The minimum Gasteiger partial charge on any atom is -0.477 e. The van der Waals surface area contributed by atoms with E-state index in [1.54, 1.807) is 24.3 Å². The Morgan fingerprint density at radius 1 is 1.32 bits per heavy atom. The van der Waals surface area contributed by atoms with Crippen molar-refractivity contribution in [1.29, 1.82) is 0 Å². The summed E-state index contributed by atoms with van der Waals surface area (Å²) in [5.74, 6) is -1.28. The minimum absolute atomic E-state index is 0.0598. The highest BCUT2D eigenvalue weighted by molar-refractivity contribution is 7.90. The first-order chi connectivity index (χ1) is 8.79. The maximum atomic E-state index is 11.4. The van der Waals surface area contributed by atoms with Crippen LogP contribution in [0.3, 0.4) is 0 Å². The van der Waals surface area contributed by atoms with Crippen molar-refractivity contribution in [2.24, 2.45) is 0 Å². The predicted molar refractivity (Wildman–Crippen MR) is 69.1 cm³/mol. The van der Waals surface area contributed by atoms with Crippen LogP contribution in [0.2, 0.25) is 5.02 Å². The lowest BCUT2D eigenvalue weighted by atomic mass is 10.1. The van der Waals surface area contributed by atoms with E-state index in [2.05, 4.69) is 9.97 Å². The normalized spacial score (nSPS) is 11.5. The fourth-order valence-electron chi connectivity index (χ4n) is 1.50. The van der Waals surface area contributed by atoms with E-state index < -0.39 is 15.8 Å². The number of sulfone groups is 1. The number of aromatic nitrogens is 2. The number of H-pyrrole nitrogens is 1. The molecule has 1 aromatic heterocycles. The predicted octanol–water partition coefficient (Wildman–Crippen LogP) is 1.83. The van der Waals surface area contributed by atoms with Crippen molar-refractivity contribution in [3.8, 4) is 11.3 Å². The molecule has 0 radical (unpaired) electrons. The van der Waals surface area contributed by atoms with Crippen LogP contribution >= 0.6 is 11.6 Å². The number of nitrogens with zero attached hydrogens (tertiary/aromatic N) is 1. The summed E-state index contributed by atoms with van der Waals surface area (Å²) in [6, 6.07) is 6.27. The van der Waals surface area contributed by atoms with E-state index in [0.717, 1.165) is 6.26 Å². The maximum absolute atomic E-state index is 11.4. The molecule has 2 rings (SSSR count). The fraction of sp³-hybridized carbons (Fsp3) is 0.0909. The summed E-state index contributed by atoms with van der Waals surface area (Å²) in [5.41, 5.74) is 0.250. The highest BCUT2D eigenvalue weighted by atomic mass is 35.5. The van der Waals surface area contributed by atoms with Gasteiger partial charge in [-0.25, -0.2) is 18.2 Å². The molecule has 0 fully saturated rings. The van der Waals surface area contributed by atoms with Crippen molar-refractivity contribution in [3.63, 3.8) is 0 Å². The molecule has 0 spiro atoms. The van der Waals surface area contributed by atoms with E-state index in [-0.39, 0.29) is 16.5 Å². The molecule has 0 amide bonds. The third kappa shape index (κ3) is 2.77. The van der Waals surface area contributed by atoms with Gasteiger partial charge in [0.05, 0.1) is 0 Å². The third-order valence-electron chi connectivity index (χ3n) is 2.36. The zero-order chi connectivity index (χ0) is 14.2. The van der Waals surface area contributed by atoms with E-state index in [0.29, 0.717) is 10.6 Å². The SMILES string of the molecule is CS(=O)(=O)c1nc(-c2ccc(Cl)cc2)c(C(=O)O)[nH]1. The van der Waals surface area contributed by atoms with Crippen LogP contribution in [0.25, 0.3) is 11.3 Å². The number of carboxylic acid groups (broad SMARTS) is 1. The van der Waals surface area contributed by atoms with Gasteiger partial charge in [-0.1, -0.05) is 23.7 Å². The van der Waals surface area contributed by atoms with Crippen LogP contribution in [0.15, 0.2) is 29.4 Å². The van der Waals surface area contributed by atoms with Crippen molar-refractivity contribution in [2.45, 2.75) is 5.16 Å². The molecular formula is C11H9ClN2O4S. The van der Waals surface area contributed by atoms with Gasteiger partial charge in [-0.05, 0) is 12.1 Å². The van der Waals surface area contributed by atoms with Gasteiger partial charge in [0.2, 0.25) is 15.0 Å². The van der Waals surface area contributed by atoms with Gasteiger partial charge in [0, 0.05) is 16.8 Å². The number of aromatic carboxylic acids is 1. The molecule has 6 nitrogen and oxygen atoms in total. The van der Waals surface area contributed by atoms with E-state index in [9.17, 15) is 13.2 Å². The van der Waals surface area contributed by atoms with Gasteiger partial charge < -0.3 is 10.1 Å². The number of aromatic amines is 1. The van der Waals surface area contributed by atoms with E-state index >= 15 is 0 Å². The Kier molecular flexibility index (Phi) is 3.34. The van der Waals surface area contributed by atoms with Gasteiger partial charge in [-0.15, -0.1) is 0 Å². The quantitative estimate of drug-likeness (QED) is 0.900. The van der Waals surface area contributed by atoms with E-state index in [4.69, 9.17) is 16.7 Å². The Hall–Kier alpha value is -1.86. The molecule has 0 unspecified atom stereocenters. The Bertz CT molecular complexity index is 735. The van der Waals surface area contributed by atoms with Crippen molar-refractivity contribution >= 4 is 27.4 Å². The molecule has 8 heteroatoms. The minimum atomic E-state index is -3.61. The monoisotopic (exact) mass is 300 g/mol. The molecule has 2 aromatic rings. The highest BCUT2D eigenvalue weighted by Gasteiger charge is 2.22. The maximum Gasteiger partial charge on any atom is 0.354 e. The van der Waals surface area contributed by atoms with E-state index in [1.165, 1.54) is 0 Å². The number of carboxylic acids is 1. The zero-order valence-electron chi connectivity index (χ0n) is 9.71. The van der Waals surface area contributed by atoms with Crippen LogP contribution in [0.5, 0.6) is 0 Å². The van der Waals surface area contributed by atoms with Gasteiger partial charge in [0.25, 0.3) is 0 Å². The lowest BCUT2D eigenvalue weighted by molar-refractivity contribution is 0.0691. The van der Waals surface area contributed by atoms with E-state index in [1.807, 2.05) is 0 Å². The first-order valence-corrected chi connectivity index (χ1v) is 7.35. The Balaban J connectivity index is 2.65. The van der Waals surface area contributed by atoms with Crippen LogP contribution in [0, 0.1) is 0 Å². The molecule has 1 aromatic carbocycles. The van der Waals surface area contributed by atoms with Crippen molar-refractivity contribution < 1.29 is 18.3 Å². The molecular weight excluding hydrogens is 292 g/mol. The second kappa shape index (κ2) is 4.67. The molecule has 0 bridgehead atoms. The van der Waals surface area contributed by atoms with Gasteiger partial charge in [-0.2, -0.15) is 0 Å². The fourth-order valence-corrected chi connectivity index (χ4v) is 2.17. The average Bonchev–Trinajstić information content (AvgIpc) is 2.74. The second-order valence-electron chi connectivity index (χ2n) is 3.85. The lowest BCUT2D eigenvalue weighted by Gasteiger charge is -1.98. The molecule has 0 aliphatic carbocycles. The average molecular weight is 301 g/mol. The second-order valence-corrected chi connectivity index (χ2v) is 6.22. The number of rotatable bonds is 3. The Labute approximate surface area is 114 Å². The summed E-state index contributed by atoms with van der Waals surface area (Å²) in [6.07, 6.45) is 0.948. The summed E-state index contributed by atoms with van der Waals surface area (Å²) < 4.78 is 22.8. The zero-order valence-corrected chi connectivity index (χ0v) is 11.3. The molecule has 0 atom stereocenters. The number of imidazole rings is 1. The van der Waals surface area contributed by atoms with Crippen LogP contribution in [-0.2, 0) is 9.84 Å². The van der Waals surface area contributed by atoms with Crippen LogP contribution < -0.4 is 0 Å². The molecule has 1 heterocycles. The smallest absolute Gasteiger partial charge is 0.354 e. The number of halogens is 1. The van der Waals surface area contributed by atoms with Crippen LogP contribution in [-0.4, -0.2) is 35.7 Å². The third-order valence-corrected chi connectivity index (χ3v) is 3.51. The number of hydrogen-bond acceptors (Lipinski definition) is 4. The standard InChI is InChI=1S/C11H9ClN2O4S/c1-19(17,18)11-13-8(9(14-11)10(15)16)6-2-4-7(12)5-3-6/h2-5H,1H3,(H,13,14)(H,15,16). The van der Waals surface area contributed by atoms with Crippen molar-refractivity contribution in [1.82, 2.24) is 9.97 Å². The lowest BCUT2D eigenvalue weighted by Crippen LogP contribution is -2.01. The van der Waals surface area contributed by atoms with Gasteiger partial charge in [-0.3, -0.25) is 0 Å².